The van der Waals surface area contributed by atoms with Crippen LogP contribution < -0.4 is 10.6 Å². The van der Waals surface area contributed by atoms with Gasteiger partial charge in [0.05, 0.1) is 17.9 Å². The average Bonchev–Trinajstić information content (AvgIpc) is 3.44. The molecule has 2 bridgehead atoms. The van der Waals surface area contributed by atoms with Crippen LogP contribution in [0.15, 0.2) is 24.3 Å². The Balaban J connectivity index is 1.61. The predicted molar refractivity (Wildman–Crippen MR) is 124 cm³/mol. The van der Waals surface area contributed by atoms with Gasteiger partial charge in [0.2, 0.25) is 17.7 Å². The zero-order valence-electron chi connectivity index (χ0n) is 18.9. The fourth-order valence-electron chi connectivity index (χ4n) is 5.67. The third-order valence-corrected chi connectivity index (χ3v) is 7.32. The highest BCUT2D eigenvalue weighted by atomic mass is 35.5. The number of unbranched alkanes of at least 4 members (excludes halogenated alkanes) is 2. The molecular formula is C24H32ClN3O5. The van der Waals surface area contributed by atoms with E-state index < -0.39 is 23.5 Å². The number of anilines is 1. The fourth-order valence-corrected chi connectivity index (χ4v) is 5.80. The summed E-state index contributed by atoms with van der Waals surface area (Å²) in [6.45, 7) is 2.99. The number of hydrogen-bond acceptors (Lipinski definition) is 5. The van der Waals surface area contributed by atoms with Crippen molar-refractivity contribution in [2.75, 3.05) is 25.0 Å². The molecule has 8 nitrogen and oxygen atoms in total. The van der Waals surface area contributed by atoms with Gasteiger partial charge >= 0.3 is 0 Å². The summed E-state index contributed by atoms with van der Waals surface area (Å²) in [5, 5.41) is 15.5. The van der Waals surface area contributed by atoms with E-state index in [-0.39, 0.29) is 30.4 Å². The molecule has 3 aliphatic rings. The highest BCUT2D eigenvalue weighted by molar-refractivity contribution is 6.30. The molecule has 3 amide bonds. The normalized spacial score (nSPS) is 29.9. The third-order valence-electron chi connectivity index (χ3n) is 7.07. The Hall–Kier alpha value is -2.16. The molecule has 4 rings (SSSR count). The van der Waals surface area contributed by atoms with Crippen molar-refractivity contribution in [3.05, 3.63) is 29.3 Å². The summed E-state index contributed by atoms with van der Waals surface area (Å²) in [6.07, 6.45) is 3.71. The van der Waals surface area contributed by atoms with Crippen molar-refractivity contribution in [1.82, 2.24) is 10.2 Å². The molecule has 3 saturated heterocycles. The van der Waals surface area contributed by atoms with Gasteiger partial charge in [-0.1, -0.05) is 18.5 Å². The summed E-state index contributed by atoms with van der Waals surface area (Å²) in [5.41, 5.74) is -0.412. The molecule has 0 aliphatic carbocycles. The van der Waals surface area contributed by atoms with Gasteiger partial charge in [-0.2, -0.15) is 0 Å². The maximum Gasteiger partial charge on any atom is 0.250 e. The van der Waals surface area contributed by atoms with E-state index in [9.17, 15) is 14.4 Å². The first-order valence-corrected chi connectivity index (χ1v) is 12.2. The fraction of sp³-hybridized carbons (Fsp3) is 0.625. The van der Waals surface area contributed by atoms with Crippen molar-refractivity contribution < 1.29 is 24.2 Å². The lowest BCUT2D eigenvalue weighted by Crippen LogP contribution is -2.53. The predicted octanol–water partition coefficient (Wildman–Crippen LogP) is 2.34. The minimum absolute atomic E-state index is 0.0887. The van der Waals surface area contributed by atoms with Gasteiger partial charge in [0, 0.05) is 30.4 Å². The van der Waals surface area contributed by atoms with Crippen LogP contribution in [0.5, 0.6) is 0 Å². The smallest absolute Gasteiger partial charge is 0.250 e. The van der Waals surface area contributed by atoms with Crippen LogP contribution in [0.2, 0.25) is 5.02 Å². The second kappa shape index (κ2) is 9.99. The molecule has 180 valence electrons. The number of ether oxygens (including phenoxy) is 1. The van der Waals surface area contributed by atoms with Gasteiger partial charge in [-0.05, 0) is 62.8 Å². The SMILES string of the molecule is CCCNC(=O)[C@@H]1[C@@H]2CCC3(O2)C(C(=O)Nc2ccc(Cl)cc2)N(CCCCCO)C(=O)[C@H]13. The average molecular weight is 478 g/mol. The van der Waals surface area contributed by atoms with E-state index in [0.29, 0.717) is 49.5 Å². The molecule has 33 heavy (non-hydrogen) atoms. The summed E-state index contributed by atoms with van der Waals surface area (Å²) >= 11 is 5.96. The van der Waals surface area contributed by atoms with Gasteiger partial charge < -0.3 is 25.4 Å². The standard InChI is InChI=1S/C24H32ClN3O5/c1-2-12-26-21(30)18-17-10-11-24(33-17)19(18)23(32)28(13-4-3-5-14-29)20(24)22(31)27-16-8-6-15(25)7-9-16/h6-9,17-20,29H,2-5,10-14H2,1H3,(H,26,30)(H,27,31)/t17-,18+,19-,20?,24?/m0/s1. The van der Waals surface area contributed by atoms with Crippen LogP contribution in [0, 0.1) is 11.8 Å². The Morgan fingerprint density at radius 1 is 1.21 bits per heavy atom. The molecule has 1 aromatic carbocycles. The maximum absolute atomic E-state index is 13.7. The number of hydrogen-bond donors (Lipinski definition) is 3. The van der Waals surface area contributed by atoms with Crippen LogP contribution >= 0.6 is 11.6 Å². The molecule has 0 saturated carbocycles. The molecule has 2 unspecified atom stereocenters. The third kappa shape index (κ3) is 4.36. The molecule has 3 fully saturated rings. The number of aliphatic hydroxyl groups is 1. The van der Waals surface area contributed by atoms with E-state index in [1.807, 2.05) is 6.92 Å². The van der Waals surface area contributed by atoms with Crippen LogP contribution in [0.25, 0.3) is 0 Å². The lowest BCUT2D eigenvalue weighted by atomic mass is 9.70. The zero-order valence-corrected chi connectivity index (χ0v) is 19.6. The zero-order chi connectivity index (χ0) is 23.6. The number of rotatable bonds is 10. The number of benzene rings is 1. The van der Waals surface area contributed by atoms with E-state index in [0.717, 1.165) is 12.8 Å². The van der Waals surface area contributed by atoms with Gasteiger partial charge in [-0.15, -0.1) is 0 Å². The highest BCUT2D eigenvalue weighted by Crippen LogP contribution is 2.58. The molecule has 1 spiro atoms. The van der Waals surface area contributed by atoms with Crippen molar-refractivity contribution in [2.24, 2.45) is 11.8 Å². The Morgan fingerprint density at radius 3 is 2.67 bits per heavy atom. The van der Waals surface area contributed by atoms with E-state index in [2.05, 4.69) is 10.6 Å². The van der Waals surface area contributed by atoms with Crippen LogP contribution in [-0.2, 0) is 19.1 Å². The highest BCUT2D eigenvalue weighted by Gasteiger charge is 2.74. The molecule has 1 aromatic rings. The quantitative estimate of drug-likeness (QED) is 0.448. The molecule has 5 atom stereocenters. The second-order valence-electron chi connectivity index (χ2n) is 9.16. The summed E-state index contributed by atoms with van der Waals surface area (Å²) < 4.78 is 6.37. The largest absolute Gasteiger partial charge is 0.396 e. The maximum atomic E-state index is 13.7. The van der Waals surface area contributed by atoms with Crippen LogP contribution in [0.3, 0.4) is 0 Å². The van der Waals surface area contributed by atoms with Gasteiger partial charge in [0.1, 0.15) is 11.6 Å². The number of carbonyl (C=O) groups excluding carboxylic acids is 3. The van der Waals surface area contributed by atoms with E-state index in [4.69, 9.17) is 21.4 Å². The molecule has 3 N–H and O–H groups in total. The van der Waals surface area contributed by atoms with E-state index in [1.165, 1.54) is 0 Å². The topological polar surface area (TPSA) is 108 Å². The molecule has 0 aromatic heterocycles. The van der Waals surface area contributed by atoms with Gasteiger partial charge in [0.25, 0.3) is 0 Å². The van der Waals surface area contributed by atoms with Crippen molar-refractivity contribution >= 4 is 35.0 Å². The van der Waals surface area contributed by atoms with E-state index in [1.54, 1.807) is 29.2 Å². The Kier molecular flexibility index (Phi) is 7.26. The molecular weight excluding hydrogens is 446 g/mol. The second-order valence-corrected chi connectivity index (χ2v) is 9.60. The summed E-state index contributed by atoms with van der Waals surface area (Å²) in [6, 6.07) is 6.00. The van der Waals surface area contributed by atoms with Crippen molar-refractivity contribution in [1.29, 1.82) is 0 Å². The lowest BCUT2D eigenvalue weighted by Gasteiger charge is -2.33. The summed E-state index contributed by atoms with van der Waals surface area (Å²) in [5.74, 6) is -1.90. The first-order chi connectivity index (χ1) is 15.9. The van der Waals surface area contributed by atoms with Crippen molar-refractivity contribution in [3.63, 3.8) is 0 Å². The van der Waals surface area contributed by atoms with Crippen LogP contribution in [0.4, 0.5) is 5.69 Å². The Bertz CT molecular complexity index is 895. The van der Waals surface area contributed by atoms with Crippen molar-refractivity contribution in [2.45, 2.75) is 63.2 Å². The monoisotopic (exact) mass is 477 g/mol. The van der Waals surface area contributed by atoms with Gasteiger partial charge in [-0.3, -0.25) is 14.4 Å². The minimum Gasteiger partial charge on any atom is -0.396 e. The molecule has 3 aliphatic heterocycles. The number of fused-ring (bicyclic) bond motifs is 1. The lowest BCUT2D eigenvalue weighted by molar-refractivity contribution is -0.140. The number of nitrogens with one attached hydrogen (secondary N) is 2. The first-order valence-electron chi connectivity index (χ1n) is 11.9. The minimum atomic E-state index is -0.997. The van der Waals surface area contributed by atoms with E-state index >= 15 is 0 Å². The first kappa shape index (κ1) is 24.0. The number of aliphatic hydroxyl groups excluding tert-OH is 1. The van der Waals surface area contributed by atoms with Gasteiger partial charge in [-0.25, -0.2) is 0 Å². The summed E-state index contributed by atoms with van der Waals surface area (Å²) in [7, 11) is 0. The van der Waals surface area contributed by atoms with Gasteiger partial charge in [0.15, 0.2) is 0 Å². The number of amides is 3. The summed E-state index contributed by atoms with van der Waals surface area (Å²) in [4.78, 5) is 41.8. The van der Waals surface area contributed by atoms with Crippen LogP contribution in [-0.4, -0.2) is 65.2 Å². The molecule has 3 heterocycles. The number of nitrogens with zero attached hydrogens (tertiary/aromatic N) is 1. The number of halogens is 1. The number of likely N-dealkylation sites (tertiary alicyclic amines) is 1. The van der Waals surface area contributed by atoms with Crippen LogP contribution in [0.1, 0.15) is 45.4 Å². The Morgan fingerprint density at radius 2 is 1.97 bits per heavy atom. The molecule has 9 heteroatoms. The molecule has 0 radical (unpaired) electrons. The number of carbonyl (C=O) groups is 3. The Labute approximate surface area is 199 Å². The van der Waals surface area contributed by atoms with Crippen molar-refractivity contribution in [3.8, 4) is 0 Å².